The van der Waals surface area contributed by atoms with Gasteiger partial charge in [-0.05, 0) is 37.6 Å². The lowest BCUT2D eigenvalue weighted by Gasteiger charge is -2.12. The Morgan fingerprint density at radius 1 is 1.25 bits per heavy atom. The van der Waals surface area contributed by atoms with Gasteiger partial charge in [-0.1, -0.05) is 19.8 Å². The van der Waals surface area contributed by atoms with Crippen molar-refractivity contribution in [3.8, 4) is 5.75 Å². The Hall–Kier alpha value is -1.11. The van der Waals surface area contributed by atoms with E-state index in [9.17, 15) is 8.42 Å². The average Bonchev–Trinajstić information content (AvgIpc) is 2.43. The highest BCUT2D eigenvalue weighted by molar-refractivity contribution is 7.89. The summed E-state index contributed by atoms with van der Waals surface area (Å²) < 4.78 is 32.1. The minimum Gasteiger partial charge on any atom is -0.494 e. The minimum absolute atomic E-state index is 0.221. The number of hydrogen-bond acceptors (Lipinski definition) is 4. The first-order valence-electron chi connectivity index (χ1n) is 6.95. The summed E-state index contributed by atoms with van der Waals surface area (Å²) in [4.78, 5) is 0.221. The van der Waals surface area contributed by atoms with Gasteiger partial charge >= 0.3 is 0 Å². The van der Waals surface area contributed by atoms with Crippen molar-refractivity contribution in [2.24, 2.45) is 5.73 Å². The van der Waals surface area contributed by atoms with Gasteiger partial charge in [-0.15, -0.1) is 0 Å². The second-order valence-corrected chi connectivity index (χ2v) is 6.50. The zero-order chi connectivity index (χ0) is 15.0. The molecule has 1 aromatic carbocycles. The van der Waals surface area contributed by atoms with Crippen LogP contribution in [-0.2, 0) is 10.0 Å². The predicted octanol–water partition coefficient (Wildman–Crippen LogP) is 1.88. The van der Waals surface area contributed by atoms with Gasteiger partial charge in [-0.3, -0.25) is 0 Å². The molecule has 0 aromatic heterocycles. The Labute approximate surface area is 121 Å². The van der Waals surface area contributed by atoms with E-state index in [-0.39, 0.29) is 17.5 Å². The molecule has 1 aromatic rings. The fourth-order valence-electron chi connectivity index (χ4n) is 1.64. The Morgan fingerprint density at radius 2 is 1.90 bits per heavy atom. The first kappa shape index (κ1) is 16.9. The van der Waals surface area contributed by atoms with Crippen molar-refractivity contribution in [1.29, 1.82) is 0 Å². The Balaban J connectivity index is 2.61. The summed E-state index contributed by atoms with van der Waals surface area (Å²) in [5.74, 6) is 0.687. The number of ether oxygens (including phenoxy) is 1. The van der Waals surface area contributed by atoms with E-state index in [2.05, 4.69) is 11.6 Å². The van der Waals surface area contributed by atoms with Crippen LogP contribution in [0.25, 0.3) is 0 Å². The normalized spacial score (nSPS) is 13.2. The molecule has 0 aliphatic rings. The van der Waals surface area contributed by atoms with Gasteiger partial charge in [-0.2, -0.15) is 0 Å². The molecule has 1 atom stereocenters. The molecule has 6 heteroatoms. The van der Waals surface area contributed by atoms with Gasteiger partial charge in [0.05, 0.1) is 11.5 Å². The standard InChI is InChI=1S/C14H24N2O3S/c1-3-4-5-10-19-13-6-8-14(9-7-13)20(17,18)16-12(2)11-15/h6-9,12,16H,3-5,10-11,15H2,1-2H3/t12-/m0/s1. The molecule has 114 valence electrons. The number of nitrogens with two attached hydrogens (primary N) is 1. The van der Waals surface area contributed by atoms with E-state index in [0.717, 1.165) is 19.3 Å². The van der Waals surface area contributed by atoms with E-state index in [0.29, 0.717) is 12.4 Å². The van der Waals surface area contributed by atoms with Gasteiger partial charge in [0, 0.05) is 12.6 Å². The molecular weight excluding hydrogens is 276 g/mol. The van der Waals surface area contributed by atoms with Crippen LogP contribution in [0.15, 0.2) is 29.2 Å². The van der Waals surface area contributed by atoms with Crippen LogP contribution in [0.2, 0.25) is 0 Å². The van der Waals surface area contributed by atoms with Crippen LogP contribution < -0.4 is 15.2 Å². The van der Waals surface area contributed by atoms with E-state index < -0.39 is 10.0 Å². The summed E-state index contributed by atoms with van der Waals surface area (Å²) in [5, 5.41) is 0. The number of sulfonamides is 1. The molecule has 5 nitrogen and oxygen atoms in total. The topological polar surface area (TPSA) is 81.4 Å². The third-order valence-electron chi connectivity index (χ3n) is 2.86. The Bertz CT molecular complexity index is 486. The molecular formula is C14H24N2O3S. The minimum atomic E-state index is -3.50. The maximum Gasteiger partial charge on any atom is 0.240 e. The summed E-state index contributed by atoms with van der Waals surface area (Å²) in [6.07, 6.45) is 3.28. The van der Waals surface area contributed by atoms with Crippen LogP contribution >= 0.6 is 0 Å². The highest BCUT2D eigenvalue weighted by Gasteiger charge is 2.16. The highest BCUT2D eigenvalue weighted by Crippen LogP contribution is 2.16. The zero-order valence-electron chi connectivity index (χ0n) is 12.1. The second-order valence-electron chi connectivity index (χ2n) is 4.79. The third-order valence-corrected chi connectivity index (χ3v) is 4.47. The van der Waals surface area contributed by atoms with E-state index >= 15 is 0 Å². The van der Waals surface area contributed by atoms with E-state index in [1.54, 1.807) is 31.2 Å². The van der Waals surface area contributed by atoms with Crippen LogP contribution in [0.4, 0.5) is 0 Å². The molecule has 3 N–H and O–H groups in total. The molecule has 0 amide bonds. The van der Waals surface area contributed by atoms with Crippen molar-refractivity contribution < 1.29 is 13.2 Å². The molecule has 20 heavy (non-hydrogen) atoms. The fraction of sp³-hybridized carbons (Fsp3) is 0.571. The molecule has 0 aliphatic heterocycles. The summed E-state index contributed by atoms with van der Waals surface area (Å²) in [6, 6.07) is 6.15. The van der Waals surface area contributed by atoms with E-state index in [1.165, 1.54) is 0 Å². The number of benzene rings is 1. The quantitative estimate of drug-likeness (QED) is 0.682. The maximum atomic E-state index is 12.0. The molecule has 0 aliphatic carbocycles. The number of rotatable bonds is 9. The lowest BCUT2D eigenvalue weighted by atomic mass is 10.3. The third kappa shape index (κ3) is 5.48. The van der Waals surface area contributed by atoms with Crippen LogP contribution in [0, 0.1) is 0 Å². The van der Waals surface area contributed by atoms with Gasteiger partial charge in [0.2, 0.25) is 10.0 Å². The van der Waals surface area contributed by atoms with Gasteiger partial charge in [0.1, 0.15) is 5.75 Å². The van der Waals surface area contributed by atoms with Crippen molar-refractivity contribution in [1.82, 2.24) is 4.72 Å². The molecule has 0 saturated heterocycles. The average molecular weight is 300 g/mol. The molecule has 0 fully saturated rings. The summed E-state index contributed by atoms with van der Waals surface area (Å²) >= 11 is 0. The van der Waals surface area contributed by atoms with Gasteiger partial charge in [-0.25, -0.2) is 13.1 Å². The molecule has 0 unspecified atom stereocenters. The lowest BCUT2D eigenvalue weighted by Crippen LogP contribution is -2.37. The first-order chi connectivity index (χ1) is 9.49. The SMILES string of the molecule is CCCCCOc1ccc(S(=O)(=O)N[C@@H](C)CN)cc1. The molecule has 0 heterocycles. The monoisotopic (exact) mass is 300 g/mol. The summed E-state index contributed by atoms with van der Waals surface area (Å²) in [5.41, 5.74) is 5.41. The first-order valence-corrected chi connectivity index (χ1v) is 8.43. The molecule has 0 bridgehead atoms. The summed E-state index contributed by atoms with van der Waals surface area (Å²) in [7, 11) is -3.50. The van der Waals surface area contributed by atoms with Crippen LogP contribution in [-0.4, -0.2) is 27.6 Å². The smallest absolute Gasteiger partial charge is 0.240 e. The van der Waals surface area contributed by atoms with E-state index in [4.69, 9.17) is 10.5 Å². The van der Waals surface area contributed by atoms with E-state index in [1.807, 2.05) is 0 Å². The zero-order valence-corrected chi connectivity index (χ0v) is 12.9. The highest BCUT2D eigenvalue weighted by atomic mass is 32.2. The van der Waals surface area contributed by atoms with Gasteiger partial charge < -0.3 is 10.5 Å². The largest absolute Gasteiger partial charge is 0.494 e. The number of hydrogen-bond donors (Lipinski definition) is 2. The second kappa shape index (κ2) is 8.24. The van der Waals surface area contributed by atoms with Crippen LogP contribution in [0.5, 0.6) is 5.75 Å². The van der Waals surface area contributed by atoms with Crippen molar-refractivity contribution >= 4 is 10.0 Å². The molecule has 0 saturated carbocycles. The van der Waals surface area contributed by atoms with Gasteiger partial charge in [0.25, 0.3) is 0 Å². The van der Waals surface area contributed by atoms with Gasteiger partial charge in [0.15, 0.2) is 0 Å². The molecule has 0 radical (unpaired) electrons. The van der Waals surface area contributed by atoms with Crippen molar-refractivity contribution in [3.63, 3.8) is 0 Å². The predicted molar refractivity (Wildman–Crippen MR) is 80.3 cm³/mol. The molecule has 1 rings (SSSR count). The fourth-order valence-corrected chi connectivity index (χ4v) is 2.89. The Morgan fingerprint density at radius 3 is 2.45 bits per heavy atom. The van der Waals surface area contributed by atoms with Crippen LogP contribution in [0.3, 0.4) is 0 Å². The lowest BCUT2D eigenvalue weighted by molar-refractivity contribution is 0.306. The summed E-state index contributed by atoms with van der Waals surface area (Å²) in [6.45, 7) is 4.78. The van der Waals surface area contributed by atoms with Crippen molar-refractivity contribution in [3.05, 3.63) is 24.3 Å². The van der Waals surface area contributed by atoms with Crippen molar-refractivity contribution in [2.75, 3.05) is 13.2 Å². The Kier molecular flexibility index (Phi) is 6.98. The van der Waals surface area contributed by atoms with Crippen LogP contribution in [0.1, 0.15) is 33.1 Å². The number of unbranched alkanes of at least 4 members (excludes halogenated alkanes) is 2. The van der Waals surface area contributed by atoms with Crippen molar-refractivity contribution in [2.45, 2.75) is 44.0 Å². The molecule has 0 spiro atoms. The number of nitrogens with one attached hydrogen (secondary N) is 1. The maximum absolute atomic E-state index is 12.0.